The van der Waals surface area contributed by atoms with Gasteiger partial charge in [-0.25, -0.2) is 0 Å². The number of carbonyl (C=O) groups excluding carboxylic acids is 1. The summed E-state index contributed by atoms with van der Waals surface area (Å²) < 4.78 is 0. The third-order valence-electron chi connectivity index (χ3n) is 4.87. The summed E-state index contributed by atoms with van der Waals surface area (Å²) in [6, 6.07) is 9.08. The first-order chi connectivity index (χ1) is 10.1. The number of benzene rings is 1. The van der Waals surface area contributed by atoms with Crippen LogP contribution in [0.3, 0.4) is 0 Å². The van der Waals surface area contributed by atoms with Gasteiger partial charge in [0, 0.05) is 34.2 Å². The lowest BCUT2D eigenvalue weighted by Crippen LogP contribution is -2.46. The lowest BCUT2D eigenvalue weighted by molar-refractivity contribution is 0.0735. The Morgan fingerprint density at radius 3 is 2.62 bits per heavy atom. The van der Waals surface area contributed by atoms with Gasteiger partial charge in [-0.2, -0.15) is 0 Å². The predicted octanol–water partition coefficient (Wildman–Crippen LogP) is 3.92. The normalized spacial score (nSPS) is 23.6. The number of aromatic nitrogens is 1. The highest BCUT2D eigenvalue weighted by molar-refractivity contribution is 6.10. The van der Waals surface area contributed by atoms with Crippen LogP contribution in [0.25, 0.3) is 10.9 Å². The molecule has 1 aromatic heterocycles. The SMILES string of the molecule is Cc1[nH]c2ccccc2c1C(=O)CN1[C@H](C)CCC[C@@H]1C. The van der Waals surface area contributed by atoms with Gasteiger partial charge in [0.05, 0.1) is 6.54 Å². The van der Waals surface area contributed by atoms with Crippen LogP contribution in [0.4, 0.5) is 0 Å². The number of piperidine rings is 1. The molecule has 0 aliphatic carbocycles. The van der Waals surface area contributed by atoms with Gasteiger partial charge in [-0.15, -0.1) is 0 Å². The van der Waals surface area contributed by atoms with Crippen LogP contribution < -0.4 is 0 Å². The van der Waals surface area contributed by atoms with Gasteiger partial charge in [-0.1, -0.05) is 24.6 Å². The molecule has 0 bridgehead atoms. The van der Waals surface area contributed by atoms with Gasteiger partial charge in [0.25, 0.3) is 0 Å². The molecule has 1 aromatic carbocycles. The molecular formula is C18H24N2O. The fourth-order valence-electron chi connectivity index (χ4n) is 3.67. The van der Waals surface area contributed by atoms with E-state index in [1.807, 2.05) is 31.2 Å². The minimum absolute atomic E-state index is 0.241. The highest BCUT2D eigenvalue weighted by Crippen LogP contribution is 2.26. The van der Waals surface area contributed by atoms with Crippen LogP contribution in [0, 0.1) is 6.92 Å². The average Bonchev–Trinajstić information content (AvgIpc) is 2.78. The van der Waals surface area contributed by atoms with Gasteiger partial charge in [0.1, 0.15) is 0 Å². The fourth-order valence-corrected chi connectivity index (χ4v) is 3.67. The molecule has 1 N–H and O–H groups in total. The minimum Gasteiger partial charge on any atom is -0.358 e. The Hall–Kier alpha value is -1.61. The Morgan fingerprint density at radius 1 is 1.24 bits per heavy atom. The maximum atomic E-state index is 12.8. The number of aryl methyl sites for hydroxylation is 1. The van der Waals surface area contributed by atoms with E-state index in [0.717, 1.165) is 22.2 Å². The third kappa shape index (κ3) is 2.62. The quantitative estimate of drug-likeness (QED) is 0.867. The molecule has 0 radical (unpaired) electrons. The second-order valence-corrected chi connectivity index (χ2v) is 6.40. The monoisotopic (exact) mass is 284 g/mol. The summed E-state index contributed by atoms with van der Waals surface area (Å²) in [6.07, 6.45) is 3.67. The third-order valence-corrected chi connectivity index (χ3v) is 4.87. The number of likely N-dealkylation sites (tertiary alicyclic amines) is 1. The second-order valence-electron chi connectivity index (χ2n) is 6.40. The van der Waals surface area contributed by atoms with Crippen LogP contribution in [-0.2, 0) is 0 Å². The minimum atomic E-state index is 0.241. The molecule has 0 amide bonds. The average molecular weight is 284 g/mol. The first-order valence-corrected chi connectivity index (χ1v) is 7.94. The molecule has 1 aliphatic rings. The molecule has 3 nitrogen and oxygen atoms in total. The van der Waals surface area contributed by atoms with E-state index in [0.29, 0.717) is 18.6 Å². The summed E-state index contributed by atoms with van der Waals surface area (Å²) in [6.45, 7) is 7.01. The van der Waals surface area contributed by atoms with Gasteiger partial charge < -0.3 is 4.98 Å². The molecule has 0 saturated carbocycles. The Kier molecular flexibility index (Phi) is 3.85. The number of carbonyl (C=O) groups is 1. The molecule has 3 rings (SSSR count). The topological polar surface area (TPSA) is 36.1 Å². The first kappa shape index (κ1) is 14.3. The number of rotatable bonds is 3. The predicted molar refractivity (Wildman–Crippen MR) is 86.8 cm³/mol. The van der Waals surface area contributed by atoms with Crippen molar-refractivity contribution in [1.82, 2.24) is 9.88 Å². The molecule has 1 saturated heterocycles. The smallest absolute Gasteiger partial charge is 0.179 e. The van der Waals surface area contributed by atoms with Crippen molar-refractivity contribution < 1.29 is 4.79 Å². The van der Waals surface area contributed by atoms with Crippen LogP contribution in [0.5, 0.6) is 0 Å². The van der Waals surface area contributed by atoms with Crippen molar-refractivity contribution in [2.24, 2.45) is 0 Å². The Morgan fingerprint density at radius 2 is 1.90 bits per heavy atom. The number of Topliss-reactive ketones (excluding diaryl/α,β-unsaturated/α-hetero) is 1. The van der Waals surface area contributed by atoms with Gasteiger partial charge in [0.2, 0.25) is 0 Å². The van der Waals surface area contributed by atoms with Crippen molar-refractivity contribution in [2.75, 3.05) is 6.54 Å². The van der Waals surface area contributed by atoms with E-state index in [9.17, 15) is 4.79 Å². The van der Waals surface area contributed by atoms with Crippen molar-refractivity contribution in [3.8, 4) is 0 Å². The number of aromatic amines is 1. The highest BCUT2D eigenvalue weighted by atomic mass is 16.1. The summed E-state index contributed by atoms with van der Waals surface area (Å²) in [5, 5.41) is 1.05. The number of nitrogens with one attached hydrogen (secondary N) is 1. The lowest BCUT2D eigenvalue weighted by atomic mass is 9.96. The van der Waals surface area contributed by atoms with E-state index < -0.39 is 0 Å². The van der Waals surface area contributed by atoms with Crippen LogP contribution >= 0.6 is 0 Å². The molecule has 1 fully saturated rings. The highest BCUT2D eigenvalue weighted by Gasteiger charge is 2.28. The van der Waals surface area contributed by atoms with E-state index in [1.165, 1.54) is 19.3 Å². The summed E-state index contributed by atoms with van der Waals surface area (Å²) in [4.78, 5) is 18.5. The molecule has 2 heterocycles. The Labute approximate surface area is 126 Å². The molecule has 21 heavy (non-hydrogen) atoms. The standard InChI is InChI=1S/C18H24N2O/c1-12-7-6-8-13(2)20(12)11-17(21)18-14(3)19-16-10-5-4-9-15(16)18/h4-5,9-10,12-13,19H,6-8,11H2,1-3H3/t12-,13+. The number of nitrogens with zero attached hydrogens (tertiary/aromatic N) is 1. The number of hydrogen-bond acceptors (Lipinski definition) is 2. The molecule has 0 spiro atoms. The second kappa shape index (κ2) is 5.64. The number of H-pyrrole nitrogens is 1. The van der Waals surface area contributed by atoms with E-state index in [2.05, 4.69) is 23.7 Å². The molecule has 112 valence electrons. The molecule has 0 unspecified atom stereocenters. The number of fused-ring (bicyclic) bond motifs is 1. The maximum Gasteiger partial charge on any atom is 0.179 e. The molecule has 2 aromatic rings. The van der Waals surface area contributed by atoms with Gasteiger partial charge in [0.15, 0.2) is 5.78 Å². The number of para-hydroxylation sites is 1. The zero-order valence-electron chi connectivity index (χ0n) is 13.1. The summed E-state index contributed by atoms with van der Waals surface area (Å²) in [7, 11) is 0. The summed E-state index contributed by atoms with van der Waals surface area (Å²) in [5.74, 6) is 0.241. The molecular weight excluding hydrogens is 260 g/mol. The van der Waals surface area contributed by atoms with Gasteiger partial charge >= 0.3 is 0 Å². The van der Waals surface area contributed by atoms with Crippen molar-refractivity contribution in [3.05, 3.63) is 35.5 Å². The molecule has 3 heteroatoms. The zero-order valence-corrected chi connectivity index (χ0v) is 13.1. The van der Waals surface area contributed by atoms with Crippen LogP contribution in [0.2, 0.25) is 0 Å². The van der Waals surface area contributed by atoms with Crippen LogP contribution in [-0.4, -0.2) is 34.3 Å². The van der Waals surface area contributed by atoms with Crippen LogP contribution in [0.1, 0.15) is 49.2 Å². The maximum absolute atomic E-state index is 12.8. The largest absolute Gasteiger partial charge is 0.358 e. The first-order valence-electron chi connectivity index (χ1n) is 7.94. The fraction of sp³-hybridized carbons (Fsp3) is 0.500. The summed E-state index contributed by atoms with van der Waals surface area (Å²) >= 11 is 0. The number of ketones is 1. The lowest BCUT2D eigenvalue weighted by Gasteiger charge is -2.38. The summed E-state index contributed by atoms with van der Waals surface area (Å²) in [5.41, 5.74) is 2.91. The van der Waals surface area contributed by atoms with Crippen molar-refractivity contribution in [1.29, 1.82) is 0 Å². The van der Waals surface area contributed by atoms with E-state index in [1.54, 1.807) is 0 Å². The number of hydrogen-bond donors (Lipinski definition) is 1. The van der Waals surface area contributed by atoms with E-state index >= 15 is 0 Å². The van der Waals surface area contributed by atoms with Crippen molar-refractivity contribution in [2.45, 2.75) is 52.1 Å². The zero-order chi connectivity index (χ0) is 15.0. The Balaban J connectivity index is 1.88. The van der Waals surface area contributed by atoms with Crippen molar-refractivity contribution >= 4 is 16.7 Å². The van der Waals surface area contributed by atoms with Crippen LogP contribution in [0.15, 0.2) is 24.3 Å². The van der Waals surface area contributed by atoms with Gasteiger partial charge in [-0.05, 0) is 39.7 Å². The van der Waals surface area contributed by atoms with Crippen molar-refractivity contribution in [3.63, 3.8) is 0 Å². The van der Waals surface area contributed by atoms with E-state index in [-0.39, 0.29) is 5.78 Å². The van der Waals surface area contributed by atoms with Gasteiger partial charge in [-0.3, -0.25) is 9.69 Å². The molecule has 1 aliphatic heterocycles. The Bertz CT molecular complexity index is 648. The van der Waals surface area contributed by atoms with E-state index in [4.69, 9.17) is 0 Å². The molecule has 2 atom stereocenters.